The minimum atomic E-state index is -0.542. The van der Waals surface area contributed by atoms with Gasteiger partial charge in [0.1, 0.15) is 16.9 Å². The second-order valence-corrected chi connectivity index (χ2v) is 7.04. The molecule has 0 saturated heterocycles. The number of amides is 1. The summed E-state index contributed by atoms with van der Waals surface area (Å²) in [5.41, 5.74) is 7.31. The molecule has 22 heavy (non-hydrogen) atoms. The summed E-state index contributed by atoms with van der Waals surface area (Å²) in [6, 6.07) is 3.25. The van der Waals surface area contributed by atoms with Crippen LogP contribution in [0.25, 0.3) is 0 Å². The maximum atomic E-state index is 12.2. The van der Waals surface area contributed by atoms with Crippen molar-refractivity contribution >= 4 is 23.5 Å². The lowest BCUT2D eigenvalue weighted by Gasteiger charge is -2.26. The van der Waals surface area contributed by atoms with Crippen LogP contribution in [0.2, 0.25) is 0 Å². The Morgan fingerprint density at radius 2 is 2.23 bits per heavy atom. The molecule has 1 aromatic rings. The van der Waals surface area contributed by atoms with E-state index in [2.05, 4.69) is 10.0 Å². The summed E-state index contributed by atoms with van der Waals surface area (Å²) in [6.07, 6.45) is -0.365. The number of hydrogen-bond donors (Lipinski definition) is 2. The zero-order valence-electron chi connectivity index (χ0n) is 12.8. The first-order valence-electron chi connectivity index (χ1n) is 6.84. The number of rotatable bonds is 1. The van der Waals surface area contributed by atoms with Crippen LogP contribution in [0.15, 0.2) is 22.1 Å². The maximum Gasteiger partial charge on any atom is 0.410 e. The van der Waals surface area contributed by atoms with Gasteiger partial charge in [-0.3, -0.25) is 0 Å². The van der Waals surface area contributed by atoms with Crippen molar-refractivity contribution in [2.24, 2.45) is 5.11 Å². The molecule has 0 atom stereocenters. The van der Waals surface area contributed by atoms with Crippen LogP contribution in [-0.2, 0) is 11.3 Å². The monoisotopic (exact) mass is 323 g/mol. The van der Waals surface area contributed by atoms with Gasteiger partial charge < -0.3 is 14.7 Å². The Labute approximate surface area is 132 Å². The average Bonchev–Trinajstić information content (AvgIpc) is 2.59. The summed E-state index contributed by atoms with van der Waals surface area (Å²) in [7, 11) is 0. The van der Waals surface area contributed by atoms with Gasteiger partial charge in [-0.1, -0.05) is 0 Å². The number of nitrogens with one attached hydrogen (secondary N) is 1. The molecule has 2 rings (SSSR count). The van der Waals surface area contributed by atoms with Crippen LogP contribution in [0.3, 0.4) is 0 Å². The molecule has 0 aromatic heterocycles. The van der Waals surface area contributed by atoms with E-state index in [1.165, 1.54) is 0 Å². The van der Waals surface area contributed by atoms with Crippen molar-refractivity contribution in [3.05, 3.63) is 17.7 Å². The van der Waals surface area contributed by atoms with Gasteiger partial charge in [-0.25, -0.2) is 4.79 Å². The number of carbonyl (C=O) groups is 1. The van der Waals surface area contributed by atoms with Gasteiger partial charge in [-0.05, 0) is 38.5 Å². The minimum absolute atomic E-state index is 0.0543. The Morgan fingerprint density at radius 3 is 2.86 bits per heavy atom. The van der Waals surface area contributed by atoms with Gasteiger partial charge >= 0.3 is 6.09 Å². The summed E-state index contributed by atoms with van der Waals surface area (Å²) >= 11 is 1.57. The highest BCUT2D eigenvalue weighted by Crippen LogP contribution is 2.37. The second kappa shape index (κ2) is 6.37. The van der Waals surface area contributed by atoms with Gasteiger partial charge in [0.2, 0.25) is 4.91 Å². The van der Waals surface area contributed by atoms with Gasteiger partial charge in [0.05, 0.1) is 6.54 Å². The van der Waals surface area contributed by atoms with Crippen molar-refractivity contribution in [3.63, 3.8) is 0 Å². The fourth-order valence-corrected chi connectivity index (χ4v) is 3.06. The van der Waals surface area contributed by atoms with Gasteiger partial charge in [-0.2, -0.15) is 0 Å². The van der Waals surface area contributed by atoms with Crippen LogP contribution in [0.1, 0.15) is 26.3 Å². The van der Waals surface area contributed by atoms with Crippen molar-refractivity contribution in [3.8, 4) is 5.75 Å². The predicted octanol–water partition coefficient (Wildman–Crippen LogP) is 3.42. The summed E-state index contributed by atoms with van der Waals surface area (Å²) < 4.78 is 5.40. The molecule has 0 unspecified atom stereocenters. The molecule has 8 heteroatoms. The number of phenolic OH excluding ortho intramolecular Hbond substituents is 1. The van der Waals surface area contributed by atoms with E-state index in [4.69, 9.17) is 10.3 Å². The quantitative estimate of drug-likeness (QED) is 0.611. The summed E-state index contributed by atoms with van der Waals surface area (Å²) in [5.74, 6) is 0.662. The highest BCUT2D eigenvalue weighted by Gasteiger charge is 2.25. The molecule has 0 bridgehead atoms. The lowest BCUT2D eigenvalue weighted by Crippen LogP contribution is -2.37. The molecule has 0 saturated carbocycles. The van der Waals surface area contributed by atoms with Gasteiger partial charge in [0, 0.05) is 17.2 Å². The van der Waals surface area contributed by atoms with Crippen LogP contribution < -0.4 is 4.91 Å². The number of nitrogens with zero attached hydrogens (tertiary/aromatic N) is 3. The molecule has 1 aromatic carbocycles. The van der Waals surface area contributed by atoms with Gasteiger partial charge in [0.25, 0.3) is 0 Å². The molecular weight excluding hydrogens is 304 g/mol. The first-order chi connectivity index (χ1) is 10.3. The molecule has 118 valence electrons. The molecule has 1 heterocycles. The molecule has 0 radical (unpaired) electrons. The van der Waals surface area contributed by atoms with Crippen LogP contribution >= 0.6 is 11.8 Å². The Bertz CT molecular complexity index is 636. The van der Waals surface area contributed by atoms with Gasteiger partial charge in [-0.15, -0.1) is 11.8 Å². The first-order valence-corrected chi connectivity index (χ1v) is 7.83. The summed E-state index contributed by atoms with van der Waals surface area (Å²) in [6.45, 7) is 6.41. The van der Waals surface area contributed by atoms with Crippen LogP contribution in [0.4, 0.5) is 10.5 Å². The number of hydrogen-bond acceptors (Lipinski definition) is 6. The third-order valence-electron chi connectivity index (χ3n) is 2.95. The lowest BCUT2D eigenvalue weighted by atomic mass is 10.1. The van der Waals surface area contributed by atoms with Crippen LogP contribution in [0, 0.1) is 5.53 Å². The van der Waals surface area contributed by atoms with E-state index in [9.17, 15) is 9.90 Å². The van der Waals surface area contributed by atoms with E-state index in [1.807, 2.05) is 20.8 Å². The zero-order valence-corrected chi connectivity index (χ0v) is 13.6. The molecule has 1 aliphatic heterocycles. The molecule has 0 fully saturated rings. The lowest BCUT2D eigenvalue weighted by molar-refractivity contribution is 0.0247. The highest BCUT2D eigenvalue weighted by molar-refractivity contribution is 7.99. The Kier molecular flexibility index (Phi) is 4.73. The van der Waals surface area contributed by atoms with E-state index in [0.29, 0.717) is 18.8 Å². The number of fused-ring (bicyclic) bond motifs is 1. The second-order valence-electron chi connectivity index (χ2n) is 5.90. The maximum absolute atomic E-state index is 12.2. The Morgan fingerprint density at radius 1 is 1.50 bits per heavy atom. The van der Waals surface area contributed by atoms with Crippen molar-refractivity contribution < 1.29 is 14.6 Å². The average molecular weight is 323 g/mol. The predicted molar refractivity (Wildman–Crippen MR) is 82.4 cm³/mol. The number of ether oxygens (including phenoxy) is 1. The van der Waals surface area contributed by atoms with Crippen molar-refractivity contribution in [1.82, 2.24) is 9.81 Å². The van der Waals surface area contributed by atoms with Crippen molar-refractivity contribution in [1.29, 1.82) is 5.53 Å². The normalized spacial score (nSPS) is 14.6. The number of aromatic hydroxyl groups is 1. The third-order valence-corrected chi connectivity index (χ3v) is 4.02. The number of benzene rings is 1. The van der Waals surface area contributed by atoms with E-state index < -0.39 is 5.60 Å². The summed E-state index contributed by atoms with van der Waals surface area (Å²) in [5, 5.41) is 13.5. The van der Waals surface area contributed by atoms with E-state index in [1.54, 1.807) is 28.8 Å². The molecule has 0 aliphatic carbocycles. The Balaban J connectivity index is 2.25. The first kappa shape index (κ1) is 16.3. The van der Waals surface area contributed by atoms with Gasteiger partial charge in [0.15, 0.2) is 10.8 Å². The van der Waals surface area contributed by atoms with Crippen molar-refractivity contribution in [2.75, 3.05) is 12.3 Å². The Hall–Kier alpha value is -2.05. The molecule has 1 amide bonds. The molecule has 2 N–H and O–H groups in total. The SMILES string of the molecule is CC(C)(C)OC(=O)N1CCSc2cc(N=[N+]=N)c(O)cc2C1. The van der Waals surface area contributed by atoms with Crippen LogP contribution in [0.5, 0.6) is 5.75 Å². The summed E-state index contributed by atoms with van der Waals surface area (Å²) in [4.78, 5) is 17.7. The van der Waals surface area contributed by atoms with Crippen molar-refractivity contribution in [2.45, 2.75) is 37.8 Å². The topological polar surface area (TPSA) is 100 Å². The number of phenols is 1. The van der Waals surface area contributed by atoms with E-state index in [0.717, 1.165) is 10.5 Å². The fourth-order valence-electron chi connectivity index (χ4n) is 2.03. The largest absolute Gasteiger partial charge is 0.505 e. The van der Waals surface area contributed by atoms with Crippen LogP contribution in [-0.4, -0.2) is 34.0 Å². The molecule has 1 aliphatic rings. The standard InChI is InChI=1S/C14H18N4O3S/c1-14(2,3)21-13(20)18-4-5-22-12-7-10(16-17-15)11(19)6-9(12)8-18/h6-7,15H,4-5,8H2,1-3H3/p+1. The third kappa shape index (κ3) is 3.99. The molecule has 0 spiro atoms. The molecule has 7 nitrogen and oxygen atoms in total. The zero-order chi connectivity index (χ0) is 16.3. The van der Waals surface area contributed by atoms with E-state index >= 15 is 0 Å². The molecular formula is C14H19N4O3S+. The highest BCUT2D eigenvalue weighted by atomic mass is 32.2. The number of thioether (sulfide) groups is 1. The number of carbonyl (C=O) groups excluding carboxylic acids is 1. The fraction of sp³-hybridized carbons (Fsp3) is 0.500. The smallest absolute Gasteiger partial charge is 0.410 e. The minimum Gasteiger partial charge on any atom is -0.505 e. The van der Waals surface area contributed by atoms with E-state index in [-0.39, 0.29) is 17.5 Å².